The molecular weight excluding hydrogens is 356 g/mol. The summed E-state index contributed by atoms with van der Waals surface area (Å²) >= 11 is 1.69. The van der Waals surface area contributed by atoms with E-state index in [1.54, 1.807) is 29.9 Å². The number of benzene rings is 2. The Morgan fingerprint density at radius 3 is 2.85 bits per heavy atom. The molecule has 1 amide bonds. The van der Waals surface area contributed by atoms with Crippen molar-refractivity contribution in [2.75, 3.05) is 0 Å². The van der Waals surface area contributed by atoms with Crippen molar-refractivity contribution in [3.05, 3.63) is 83.6 Å². The van der Waals surface area contributed by atoms with Crippen LogP contribution in [-0.2, 0) is 6.54 Å². The lowest BCUT2D eigenvalue weighted by atomic mass is 10.0. The van der Waals surface area contributed by atoms with Crippen LogP contribution in [0.3, 0.4) is 0 Å². The molecule has 3 heterocycles. The number of furan rings is 1. The summed E-state index contributed by atoms with van der Waals surface area (Å²) in [7, 11) is 0. The molecule has 0 aliphatic rings. The van der Waals surface area contributed by atoms with Gasteiger partial charge in [0.2, 0.25) is 5.91 Å². The van der Waals surface area contributed by atoms with E-state index in [0.29, 0.717) is 12.1 Å². The van der Waals surface area contributed by atoms with E-state index in [0.717, 1.165) is 32.9 Å². The number of hydrogen-bond donors (Lipinski definition) is 1. The first kappa shape index (κ1) is 15.9. The van der Waals surface area contributed by atoms with Crippen molar-refractivity contribution < 1.29 is 9.21 Å². The molecule has 0 atom stereocenters. The van der Waals surface area contributed by atoms with E-state index in [9.17, 15) is 4.79 Å². The third-order valence-corrected chi connectivity index (χ3v) is 5.71. The van der Waals surface area contributed by atoms with Gasteiger partial charge in [0.15, 0.2) is 0 Å². The van der Waals surface area contributed by atoms with Crippen LogP contribution < -0.4 is 5.73 Å². The van der Waals surface area contributed by atoms with E-state index in [1.165, 1.54) is 4.88 Å². The van der Waals surface area contributed by atoms with E-state index in [-0.39, 0.29) is 0 Å². The van der Waals surface area contributed by atoms with Gasteiger partial charge >= 0.3 is 0 Å². The van der Waals surface area contributed by atoms with Crippen LogP contribution in [-0.4, -0.2) is 10.5 Å². The zero-order valence-electron chi connectivity index (χ0n) is 14.3. The molecule has 0 fully saturated rings. The highest BCUT2D eigenvalue weighted by Gasteiger charge is 2.17. The zero-order chi connectivity index (χ0) is 18.4. The Balaban J connectivity index is 1.85. The van der Waals surface area contributed by atoms with Crippen molar-refractivity contribution in [3.63, 3.8) is 0 Å². The molecule has 27 heavy (non-hydrogen) atoms. The Hall–Kier alpha value is -3.31. The third kappa shape index (κ3) is 2.55. The minimum Gasteiger partial charge on any atom is -0.472 e. The number of hydrogen-bond acceptors (Lipinski definition) is 3. The number of carbonyl (C=O) groups is 1. The van der Waals surface area contributed by atoms with E-state index in [2.05, 4.69) is 28.1 Å². The number of thiophene rings is 1. The van der Waals surface area contributed by atoms with Gasteiger partial charge in [-0.05, 0) is 53.4 Å². The summed E-state index contributed by atoms with van der Waals surface area (Å²) in [6, 6.07) is 19.3. The summed E-state index contributed by atoms with van der Waals surface area (Å²) in [5, 5.41) is 3.82. The highest BCUT2D eigenvalue weighted by Crippen LogP contribution is 2.35. The van der Waals surface area contributed by atoms with Crippen molar-refractivity contribution in [1.29, 1.82) is 0 Å². The van der Waals surface area contributed by atoms with Gasteiger partial charge in [-0.15, -0.1) is 11.3 Å². The molecule has 5 heteroatoms. The van der Waals surface area contributed by atoms with Gasteiger partial charge in [0, 0.05) is 26.8 Å². The van der Waals surface area contributed by atoms with Gasteiger partial charge in [-0.1, -0.05) is 12.1 Å². The molecule has 0 aliphatic heterocycles. The fourth-order valence-electron chi connectivity index (χ4n) is 3.58. The number of amides is 1. The quantitative estimate of drug-likeness (QED) is 0.480. The minimum atomic E-state index is -0.432. The zero-order valence-corrected chi connectivity index (χ0v) is 15.1. The topological polar surface area (TPSA) is 61.2 Å². The number of nitrogens with zero attached hydrogens (tertiary/aromatic N) is 1. The minimum absolute atomic E-state index is 0.432. The molecule has 1 radical (unpaired) electrons. The summed E-state index contributed by atoms with van der Waals surface area (Å²) in [6.07, 6.45) is 3.41. The lowest BCUT2D eigenvalue weighted by Gasteiger charge is -2.07. The molecule has 3 aromatic heterocycles. The first-order valence-electron chi connectivity index (χ1n) is 8.54. The molecule has 5 aromatic rings. The van der Waals surface area contributed by atoms with Gasteiger partial charge in [-0.25, -0.2) is 0 Å². The highest BCUT2D eigenvalue weighted by atomic mass is 32.1. The number of nitrogens with two attached hydrogens (primary N) is 1. The van der Waals surface area contributed by atoms with Crippen molar-refractivity contribution in [3.8, 4) is 10.4 Å². The molecule has 5 rings (SSSR count). The second-order valence-corrected chi connectivity index (χ2v) is 7.36. The molecule has 0 aliphatic carbocycles. The van der Waals surface area contributed by atoms with Crippen LogP contribution >= 0.6 is 11.3 Å². The van der Waals surface area contributed by atoms with Crippen LogP contribution in [0, 0.1) is 6.07 Å². The summed E-state index contributed by atoms with van der Waals surface area (Å²) in [5.74, 6) is -0.432. The third-order valence-electron chi connectivity index (χ3n) is 4.79. The molecule has 2 N–H and O–H groups in total. The maximum Gasteiger partial charge on any atom is 0.249 e. The lowest BCUT2D eigenvalue weighted by molar-refractivity contribution is 0.100. The standard InChI is InChI=1S/C22H15N2O2S/c23-22(25)17-3-1-4-18-21(17)16-7-6-15(20-5-2-10-27-20)11-19(16)24(18)12-14-8-9-26-13-14/h1-6,8-11,13H,12H2,(H2,23,25). The first-order valence-corrected chi connectivity index (χ1v) is 9.42. The van der Waals surface area contributed by atoms with Crippen LogP contribution in [0.25, 0.3) is 32.2 Å². The fourth-order valence-corrected chi connectivity index (χ4v) is 4.30. The molecule has 0 saturated carbocycles. The van der Waals surface area contributed by atoms with Crippen LogP contribution in [0.5, 0.6) is 0 Å². The van der Waals surface area contributed by atoms with Crippen LogP contribution in [0.2, 0.25) is 0 Å². The molecule has 0 saturated heterocycles. The molecule has 0 bridgehead atoms. The first-order chi connectivity index (χ1) is 13.2. The largest absolute Gasteiger partial charge is 0.472 e. The fraction of sp³-hybridized carbons (Fsp3) is 0.0455. The molecule has 2 aromatic carbocycles. The van der Waals surface area contributed by atoms with E-state index in [4.69, 9.17) is 10.2 Å². The Morgan fingerprint density at radius 2 is 2.11 bits per heavy atom. The average molecular weight is 371 g/mol. The highest BCUT2D eigenvalue weighted by molar-refractivity contribution is 7.13. The Kier molecular flexibility index (Phi) is 3.62. The predicted octanol–water partition coefficient (Wildman–Crippen LogP) is 5.06. The van der Waals surface area contributed by atoms with Gasteiger partial charge in [-0.2, -0.15) is 0 Å². The van der Waals surface area contributed by atoms with Crippen molar-refractivity contribution >= 4 is 39.0 Å². The Morgan fingerprint density at radius 1 is 1.19 bits per heavy atom. The summed E-state index contributed by atoms with van der Waals surface area (Å²) in [4.78, 5) is 13.2. The monoisotopic (exact) mass is 371 g/mol. The maximum absolute atomic E-state index is 12.0. The summed E-state index contributed by atoms with van der Waals surface area (Å²) < 4.78 is 7.43. The second-order valence-electron chi connectivity index (χ2n) is 6.41. The number of aromatic nitrogens is 1. The molecule has 0 spiro atoms. The van der Waals surface area contributed by atoms with Gasteiger partial charge in [0.1, 0.15) is 0 Å². The molecular formula is C22H15N2O2S. The lowest BCUT2D eigenvalue weighted by Crippen LogP contribution is -2.11. The summed E-state index contributed by atoms with van der Waals surface area (Å²) in [6.45, 7) is 0.639. The van der Waals surface area contributed by atoms with Gasteiger partial charge in [0.05, 0.1) is 30.1 Å². The molecule has 131 valence electrons. The van der Waals surface area contributed by atoms with Gasteiger partial charge in [0.25, 0.3) is 0 Å². The number of primary amides is 1. The number of fused-ring (bicyclic) bond motifs is 3. The Labute approximate surface area is 159 Å². The van der Waals surface area contributed by atoms with Crippen LogP contribution in [0.4, 0.5) is 0 Å². The van der Waals surface area contributed by atoms with Crippen molar-refractivity contribution in [2.45, 2.75) is 6.54 Å². The van der Waals surface area contributed by atoms with Crippen LogP contribution in [0.15, 0.2) is 70.9 Å². The normalized spacial score (nSPS) is 11.4. The number of rotatable bonds is 4. The van der Waals surface area contributed by atoms with Gasteiger partial charge < -0.3 is 14.7 Å². The average Bonchev–Trinajstić information content (AvgIpc) is 3.43. The Bertz CT molecular complexity index is 1270. The van der Waals surface area contributed by atoms with E-state index < -0.39 is 5.91 Å². The molecule has 4 nitrogen and oxygen atoms in total. The second kappa shape index (κ2) is 6.14. The van der Waals surface area contributed by atoms with Crippen molar-refractivity contribution in [1.82, 2.24) is 4.57 Å². The smallest absolute Gasteiger partial charge is 0.249 e. The summed E-state index contributed by atoms with van der Waals surface area (Å²) in [5.41, 5.74) is 10.3. The van der Waals surface area contributed by atoms with Crippen molar-refractivity contribution in [2.24, 2.45) is 5.73 Å². The maximum atomic E-state index is 12.0. The predicted molar refractivity (Wildman–Crippen MR) is 108 cm³/mol. The van der Waals surface area contributed by atoms with Crippen LogP contribution in [0.1, 0.15) is 15.9 Å². The molecule has 0 unspecified atom stereocenters. The SMILES string of the molecule is NC(=O)c1cccc2c1c1[c]cc(-c3cccs3)cc1n2Cc1ccoc1. The van der Waals surface area contributed by atoms with Gasteiger partial charge in [-0.3, -0.25) is 4.79 Å². The van der Waals surface area contributed by atoms with E-state index >= 15 is 0 Å². The van der Waals surface area contributed by atoms with E-state index in [1.807, 2.05) is 30.3 Å². The number of carbonyl (C=O) groups excluding carboxylic acids is 1.